The van der Waals surface area contributed by atoms with E-state index in [0.29, 0.717) is 0 Å². The summed E-state index contributed by atoms with van der Waals surface area (Å²) in [7, 11) is 0. The molecule has 0 bridgehead atoms. The summed E-state index contributed by atoms with van der Waals surface area (Å²) in [5, 5.41) is 5.59. The Morgan fingerprint density at radius 3 is 2.70 bits per heavy atom. The fourth-order valence-corrected chi connectivity index (χ4v) is 2.84. The number of aromatic nitrogens is 1. The van der Waals surface area contributed by atoms with E-state index in [1.165, 1.54) is 16.0 Å². The van der Waals surface area contributed by atoms with Crippen molar-refractivity contribution in [3.63, 3.8) is 0 Å². The van der Waals surface area contributed by atoms with Gasteiger partial charge in [0.2, 0.25) is 0 Å². The highest BCUT2D eigenvalue weighted by atomic mass is 32.1. The average Bonchev–Trinajstić information content (AvgIpc) is 3.01. The van der Waals surface area contributed by atoms with Gasteiger partial charge in [0, 0.05) is 22.3 Å². The molecule has 0 unspecified atom stereocenters. The van der Waals surface area contributed by atoms with Crippen molar-refractivity contribution < 1.29 is 0 Å². The largest absolute Gasteiger partial charge is 0.379 e. The molecule has 3 aromatic rings. The highest BCUT2D eigenvalue weighted by Gasteiger charge is 2.05. The lowest BCUT2D eigenvalue weighted by molar-refractivity contribution is 1.04. The van der Waals surface area contributed by atoms with Crippen LogP contribution in [0.2, 0.25) is 0 Å². The molecule has 2 heterocycles. The summed E-state index contributed by atoms with van der Waals surface area (Å²) in [6, 6.07) is 16.8. The zero-order valence-corrected chi connectivity index (χ0v) is 12.2. The van der Waals surface area contributed by atoms with Crippen LogP contribution in [0.1, 0.15) is 11.3 Å². The summed E-state index contributed by atoms with van der Waals surface area (Å²) in [4.78, 5) is 5.71. The molecule has 1 aromatic carbocycles. The number of aryl methyl sites for hydroxylation is 1. The first kappa shape index (κ1) is 12.9. The molecule has 2 aromatic heterocycles. The molecular weight excluding hydrogens is 264 g/mol. The maximum Gasteiger partial charge on any atom is 0.0594 e. The van der Waals surface area contributed by atoms with Crippen LogP contribution in [0, 0.1) is 6.92 Å². The number of thiophene rings is 1. The Morgan fingerprint density at radius 1 is 1.05 bits per heavy atom. The fraction of sp³-hybridized carbons (Fsp3) is 0.118. The Kier molecular flexibility index (Phi) is 3.79. The first-order valence-electron chi connectivity index (χ1n) is 6.61. The quantitative estimate of drug-likeness (QED) is 0.747. The van der Waals surface area contributed by atoms with Crippen LogP contribution in [0.3, 0.4) is 0 Å². The third kappa shape index (κ3) is 2.89. The van der Waals surface area contributed by atoms with Crippen LogP contribution in [0.15, 0.2) is 60.1 Å². The standard InChI is InChI=1S/C17H16N2S/c1-13-8-9-14(18-11-13)12-19-16-6-3-2-5-15(16)17-7-4-10-20-17/h2-11,19H,12H2,1H3. The predicted octanol–water partition coefficient (Wildman–Crippen LogP) is 4.73. The lowest BCUT2D eigenvalue weighted by atomic mass is 10.1. The van der Waals surface area contributed by atoms with Gasteiger partial charge in [-0.25, -0.2) is 0 Å². The molecule has 1 N–H and O–H groups in total. The number of hydrogen-bond acceptors (Lipinski definition) is 3. The summed E-state index contributed by atoms with van der Waals surface area (Å²) in [6.45, 7) is 2.79. The van der Waals surface area contributed by atoms with Crippen LogP contribution in [0.25, 0.3) is 10.4 Å². The van der Waals surface area contributed by atoms with Crippen LogP contribution in [-0.4, -0.2) is 4.98 Å². The van der Waals surface area contributed by atoms with Gasteiger partial charge in [-0.2, -0.15) is 0 Å². The van der Waals surface area contributed by atoms with Crippen LogP contribution in [-0.2, 0) is 6.54 Å². The predicted molar refractivity (Wildman–Crippen MR) is 86.1 cm³/mol. The van der Waals surface area contributed by atoms with Gasteiger partial charge in [0.05, 0.1) is 12.2 Å². The molecule has 2 nitrogen and oxygen atoms in total. The fourth-order valence-electron chi connectivity index (χ4n) is 2.07. The minimum atomic E-state index is 0.739. The van der Waals surface area contributed by atoms with Crippen molar-refractivity contribution in [2.75, 3.05) is 5.32 Å². The summed E-state index contributed by atoms with van der Waals surface area (Å²) >= 11 is 1.76. The molecule has 100 valence electrons. The lowest BCUT2D eigenvalue weighted by Crippen LogP contribution is -2.02. The van der Waals surface area contributed by atoms with E-state index in [1.807, 2.05) is 6.20 Å². The van der Waals surface area contributed by atoms with E-state index < -0.39 is 0 Å². The number of hydrogen-bond donors (Lipinski definition) is 1. The van der Waals surface area contributed by atoms with Gasteiger partial charge in [0.1, 0.15) is 0 Å². The monoisotopic (exact) mass is 280 g/mol. The first-order chi connectivity index (χ1) is 9.83. The van der Waals surface area contributed by atoms with Crippen molar-refractivity contribution in [2.24, 2.45) is 0 Å². The minimum Gasteiger partial charge on any atom is -0.379 e. The van der Waals surface area contributed by atoms with Gasteiger partial charge in [0.25, 0.3) is 0 Å². The molecule has 0 spiro atoms. The summed E-state index contributed by atoms with van der Waals surface area (Å²) < 4.78 is 0. The molecule has 0 aliphatic rings. The van der Waals surface area contributed by atoms with Gasteiger partial charge in [0.15, 0.2) is 0 Å². The Bertz CT molecular complexity index is 672. The molecule has 0 aliphatic heterocycles. The van der Waals surface area contributed by atoms with Crippen LogP contribution in [0.4, 0.5) is 5.69 Å². The van der Waals surface area contributed by atoms with Crippen molar-refractivity contribution in [3.05, 3.63) is 71.4 Å². The van der Waals surface area contributed by atoms with Crippen LogP contribution < -0.4 is 5.32 Å². The molecule has 0 atom stereocenters. The van der Waals surface area contributed by atoms with E-state index in [0.717, 1.165) is 17.9 Å². The Hall–Kier alpha value is -2.13. The van der Waals surface area contributed by atoms with E-state index >= 15 is 0 Å². The zero-order chi connectivity index (χ0) is 13.8. The van der Waals surface area contributed by atoms with Crippen molar-refractivity contribution >= 4 is 17.0 Å². The highest BCUT2D eigenvalue weighted by Crippen LogP contribution is 2.31. The molecule has 0 saturated carbocycles. The molecule has 0 aliphatic carbocycles. The second-order valence-corrected chi connectivity index (χ2v) is 5.65. The molecule has 0 amide bonds. The first-order valence-corrected chi connectivity index (χ1v) is 7.49. The van der Waals surface area contributed by atoms with E-state index in [9.17, 15) is 0 Å². The van der Waals surface area contributed by atoms with E-state index in [4.69, 9.17) is 0 Å². The van der Waals surface area contributed by atoms with Gasteiger partial charge in [-0.15, -0.1) is 11.3 Å². The SMILES string of the molecule is Cc1ccc(CNc2ccccc2-c2cccs2)nc1. The highest BCUT2D eigenvalue weighted by molar-refractivity contribution is 7.13. The van der Waals surface area contributed by atoms with Gasteiger partial charge >= 0.3 is 0 Å². The van der Waals surface area contributed by atoms with Crippen molar-refractivity contribution in [1.82, 2.24) is 4.98 Å². The number of benzene rings is 1. The Morgan fingerprint density at radius 2 is 1.95 bits per heavy atom. The zero-order valence-electron chi connectivity index (χ0n) is 11.3. The minimum absolute atomic E-state index is 0.739. The second-order valence-electron chi connectivity index (χ2n) is 4.70. The third-order valence-corrected chi connectivity index (χ3v) is 4.05. The molecule has 0 radical (unpaired) electrons. The van der Waals surface area contributed by atoms with Gasteiger partial charge in [-0.05, 0) is 36.1 Å². The summed E-state index contributed by atoms with van der Waals surface area (Å²) in [5.74, 6) is 0. The Labute approximate surface area is 123 Å². The van der Waals surface area contributed by atoms with E-state index in [2.05, 4.69) is 71.1 Å². The topological polar surface area (TPSA) is 24.9 Å². The van der Waals surface area contributed by atoms with E-state index in [-0.39, 0.29) is 0 Å². The maximum atomic E-state index is 4.43. The molecule has 3 rings (SSSR count). The van der Waals surface area contributed by atoms with E-state index in [1.54, 1.807) is 11.3 Å². The number of pyridine rings is 1. The number of anilines is 1. The number of nitrogens with one attached hydrogen (secondary N) is 1. The van der Waals surface area contributed by atoms with Gasteiger partial charge in [-0.3, -0.25) is 4.98 Å². The molecule has 0 fully saturated rings. The average molecular weight is 280 g/mol. The van der Waals surface area contributed by atoms with Crippen LogP contribution >= 0.6 is 11.3 Å². The third-order valence-electron chi connectivity index (χ3n) is 3.15. The Balaban J connectivity index is 1.79. The number of para-hydroxylation sites is 1. The lowest BCUT2D eigenvalue weighted by Gasteiger charge is -2.10. The normalized spacial score (nSPS) is 10.4. The van der Waals surface area contributed by atoms with Gasteiger partial charge in [-0.1, -0.05) is 30.3 Å². The van der Waals surface area contributed by atoms with Crippen molar-refractivity contribution in [3.8, 4) is 10.4 Å². The van der Waals surface area contributed by atoms with Crippen molar-refractivity contribution in [2.45, 2.75) is 13.5 Å². The number of nitrogens with zero attached hydrogens (tertiary/aromatic N) is 1. The maximum absolute atomic E-state index is 4.43. The van der Waals surface area contributed by atoms with Gasteiger partial charge < -0.3 is 5.32 Å². The summed E-state index contributed by atoms with van der Waals surface area (Å²) in [6.07, 6.45) is 1.90. The molecule has 3 heteroatoms. The number of rotatable bonds is 4. The molecular formula is C17H16N2S. The smallest absolute Gasteiger partial charge is 0.0594 e. The van der Waals surface area contributed by atoms with Crippen molar-refractivity contribution in [1.29, 1.82) is 0 Å². The second kappa shape index (κ2) is 5.88. The molecule has 0 saturated heterocycles. The summed E-state index contributed by atoms with van der Waals surface area (Å²) in [5.41, 5.74) is 4.64. The van der Waals surface area contributed by atoms with Crippen LogP contribution in [0.5, 0.6) is 0 Å². The molecule has 20 heavy (non-hydrogen) atoms.